The maximum absolute atomic E-state index is 5.44. The molecule has 4 rings (SSSR count). The summed E-state index contributed by atoms with van der Waals surface area (Å²) in [5, 5.41) is 16.1. The second kappa shape index (κ2) is 5.99. The molecule has 1 aliphatic carbocycles. The van der Waals surface area contributed by atoms with Crippen molar-refractivity contribution in [2.24, 2.45) is 0 Å². The number of benzene rings is 1. The molecule has 1 fully saturated rings. The first-order chi connectivity index (χ1) is 11.8. The Hall–Kier alpha value is -2.83. The van der Waals surface area contributed by atoms with Crippen LogP contribution in [0.3, 0.4) is 0 Å². The number of ether oxygens (including phenoxy) is 2. The quantitative estimate of drug-likeness (QED) is 0.751. The van der Waals surface area contributed by atoms with Crippen LogP contribution in [0.1, 0.15) is 30.0 Å². The molecule has 0 spiro atoms. The molecule has 0 bridgehead atoms. The Morgan fingerprint density at radius 2 is 2.08 bits per heavy atom. The molecule has 0 aliphatic heterocycles. The van der Waals surface area contributed by atoms with Gasteiger partial charge in [0.05, 0.1) is 25.6 Å². The Morgan fingerprint density at radius 1 is 1.21 bits per heavy atom. The van der Waals surface area contributed by atoms with Crippen molar-refractivity contribution in [2.75, 3.05) is 19.5 Å². The van der Waals surface area contributed by atoms with Crippen molar-refractivity contribution in [3.8, 4) is 11.5 Å². The monoisotopic (exact) mass is 325 g/mol. The highest BCUT2D eigenvalue weighted by atomic mass is 16.5. The highest BCUT2D eigenvalue weighted by Crippen LogP contribution is 2.40. The van der Waals surface area contributed by atoms with Crippen molar-refractivity contribution in [3.63, 3.8) is 0 Å². The maximum atomic E-state index is 5.44. The van der Waals surface area contributed by atoms with Crippen LogP contribution >= 0.6 is 0 Å². The molecule has 7 nitrogen and oxygen atoms in total. The molecule has 24 heavy (non-hydrogen) atoms. The number of anilines is 1. The average Bonchev–Trinajstić information content (AvgIpc) is 3.36. The third-order valence-corrected chi connectivity index (χ3v) is 4.24. The first-order valence-corrected chi connectivity index (χ1v) is 7.94. The summed E-state index contributed by atoms with van der Waals surface area (Å²) in [5.41, 5.74) is 3.75. The van der Waals surface area contributed by atoms with Gasteiger partial charge in [0, 0.05) is 18.0 Å². The average molecular weight is 325 g/mol. The highest BCUT2D eigenvalue weighted by Gasteiger charge is 2.26. The molecule has 1 aliphatic rings. The van der Waals surface area contributed by atoms with Crippen LogP contribution in [0, 0.1) is 0 Å². The molecule has 2 aromatic heterocycles. The Kier molecular flexibility index (Phi) is 3.68. The molecule has 0 atom stereocenters. The molecule has 7 heteroatoms. The van der Waals surface area contributed by atoms with Crippen LogP contribution in [0.15, 0.2) is 30.6 Å². The number of nitrogens with one attached hydrogen (secondary N) is 1. The molecule has 0 amide bonds. The van der Waals surface area contributed by atoms with E-state index in [1.165, 1.54) is 12.8 Å². The van der Waals surface area contributed by atoms with Gasteiger partial charge in [-0.05, 0) is 37.1 Å². The Bertz CT molecular complexity index is 873. The lowest BCUT2D eigenvalue weighted by Crippen LogP contribution is -2.06. The smallest absolute Gasteiger partial charge is 0.200 e. The summed E-state index contributed by atoms with van der Waals surface area (Å²) in [4.78, 5) is 0. The molecule has 1 saturated carbocycles. The van der Waals surface area contributed by atoms with Gasteiger partial charge < -0.3 is 14.8 Å². The fourth-order valence-corrected chi connectivity index (χ4v) is 2.77. The Balaban J connectivity index is 1.64. The van der Waals surface area contributed by atoms with E-state index in [0.29, 0.717) is 12.5 Å². The van der Waals surface area contributed by atoms with E-state index in [9.17, 15) is 0 Å². The lowest BCUT2D eigenvalue weighted by atomic mass is 10.1. The fourth-order valence-electron chi connectivity index (χ4n) is 2.77. The lowest BCUT2D eigenvalue weighted by molar-refractivity contribution is 0.399. The van der Waals surface area contributed by atoms with Crippen molar-refractivity contribution < 1.29 is 9.47 Å². The summed E-state index contributed by atoms with van der Waals surface area (Å²) >= 11 is 0. The van der Waals surface area contributed by atoms with E-state index in [2.05, 4.69) is 26.7 Å². The molecular weight excluding hydrogens is 306 g/mol. The minimum atomic E-state index is 0.559. The first-order valence-electron chi connectivity index (χ1n) is 7.94. The predicted octanol–water partition coefficient (Wildman–Crippen LogP) is 2.63. The Labute approximate surface area is 139 Å². The van der Waals surface area contributed by atoms with E-state index >= 15 is 0 Å². The van der Waals surface area contributed by atoms with Crippen molar-refractivity contribution in [2.45, 2.75) is 25.3 Å². The molecule has 1 N–H and O–H groups in total. The van der Waals surface area contributed by atoms with Crippen LogP contribution in [-0.2, 0) is 6.54 Å². The minimum absolute atomic E-state index is 0.559. The van der Waals surface area contributed by atoms with E-state index in [0.717, 1.165) is 34.1 Å². The van der Waals surface area contributed by atoms with Crippen LogP contribution in [0.25, 0.3) is 5.65 Å². The van der Waals surface area contributed by atoms with Crippen molar-refractivity contribution >= 4 is 11.3 Å². The number of hydrogen-bond donors (Lipinski definition) is 1. The van der Waals surface area contributed by atoms with Gasteiger partial charge in [-0.1, -0.05) is 0 Å². The third kappa shape index (κ3) is 2.73. The number of nitrogens with zero attached hydrogens (tertiary/aromatic N) is 4. The standard InChI is InChI=1S/C17H19N5O2/c1-23-13-5-6-16(24-2)12(7-13)9-18-15-8-14(11-3-4-11)21-22-10-19-20-17(15)22/h5-8,10-11,18H,3-4,9H2,1-2H3. The molecule has 0 saturated heterocycles. The third-order valence-electron chi connectivity index (χ3n) is 4.24. The number of hydrogen-bond acceptors (Lipinski definition) is 6. The van der Waals surface area contributed by atoms with Crippen molar-refractivity contribution in [1.82, 2.24) is 19.8 Å². The van der Waals surface area contributed by atoms with Crippen LogP contribution in [0.4, 0.5) is 5.69 Å². The molecule has 0 radical (unpaired) electrons. The normalized spacial score (nSPS) is 13.9. The molecule has 2 heterocycles. The van der Waals surface area contributed by atoms with Gasteiger partial charge in [0.1, 0.15) is 17.8 Å². The van der Waals surface area contributed by atoms with Gasteiger partial charge in [0.25, 0.3) is 0 Å². The molecule has 124 valence electrons. The zero-order valence-electron chi connectivity index (χ0n) is 13.7. The van der Waals surface area contributed by atoms with Gasteiger partial charge in [-0.15, -0.1) is 10.2 Å². The van der Waals surface area contributed by atoms with E-state index in [-0.39, 0.29) is 0 Å². The number of fused-ring (bicyclic) bond motifs is 1. The largest absolute Gasteiger partial charge is 0.497 e. The van der Waals surface area contributed by atoms with Gasteiger partial charge in [0.2, 0.25) is 5.65 Å². The minimum Gasteiger partial charge on any atom is -0.497 e. The predicted molar refractivity (Wildman–Crippen MR) is 89.6 cm³/mol. The van der Waals surface area contributed by atoms with Crippen molar-refractivity contribution in [3.05, 3.63) is 41.9 Å². The summed E-state index contributed by atoms with van der Waals surface area (Å²) in [7, 11) is 3.32. The zero-order valence-corrected chi connectivity index (χ0v) is 13.7. The van der Waals surface area contributed by atoms with Gasteiger partial charge in [-0.25, -0.2) is 0 Å². The summed E-state index contributed by atoms with van der Waals surface area (Å²) in [5.74, 6) is 2.18. The lowest BCUT2D eigenvalue weighted by Gasteiger charge is -2.13. The number of methoxy groups -OCH3 is 2. The molecule has 3 aromatic rings. The van der Waals surface area contributed by atoms with Crippen molar-refractivity contribution in [1.29, 1.82) is 0 Å². The van der Waals surface area contributed by atoms with Crippen LogP contribution in [0.2, 0.25) is 0 Å². The SMILES string of the molecule is COc1ccc(OC)c(CNc2cc(C3CC3)nn3cnnc23)c1. The highest BCUT2D eigenvalue weighted by molar-refractivity contribution is 5.67. The van der Waals surface area contributed by atoms with Gasteiger partial charge in [-0.3, -0.25) is 0 Å². The second-order valence-corrected chi connectivity index (χ2v) is 5.89. The van der Waals surface area contributed by atoms with E-state index in [1.54, 1.807) is 25.1 Å². The summed E-state index contributed by atoms with van der Waals surface area (Å²) < 4.78 is 12.5. The van der Waals surface area contributed by atoms with Gasteiger partial charge >= 0.3 is 0 Å². The molecule has 0 unspecified atom stereocenters. The van der Waals surface area contributed by atoms with Crippen LogP contribution < -0.4 is 14.8 Å². The number of aromatic nitrogens is 4. The zero-order chi connectivity index (χ0) is 16.5. The fraction of sp³-hybridized carbons (Fsp3) is 0.353. The van der Waals surface area contributed by atoms with Crippen LogP contribution in [-0.4, -0.2) is 34.0 Å². The summed E-state index contributed by atoms with van der Waals surface area (Å²) in [6.07, 6.45) is 4.03. The van der Waals surface area contributed by atoms with Crippen LogP contribution in [0.5, 0.6) is 11.5 Å². The second-order valence-electron chi connectivity index (χ2n) is 5.89. The van der Waals surface area contributed by atoms with Gasteiger partial charge in [0.15, 0.2) is 0 Å². The first kappa shape index (κ1) is 14.7. The Morgan fingerprint density at radius 3 is 2.83 bits per heavy atom. The topological polar surface area (TPSA) is 73.6 Å². The summed E-state index contributed by atoms with van der Waals surface area (Å²) in [6, 6.07) is 7.84. The van der Waals surface area contributed by atoms with E-state index in [1.807, 2.05) is 18.2 Å². The van der Waals surface area contributed by atoms with E-state index in [4.69, 9.17) is 9.47 Å². The maximum Gasteiger partial charge on any atom is 0.200 e. The summed E-state index contributed by atoms with van der Waals surface area (Å²) in [6.45, 7) is 0.594. The molecule has 1 aromatic carbocycles. The molecular formula is C17H19N5O2. The van der Waals surface area contributed by atoms with E-state index < -0.39 is 0 Å². The van der Waals surface area contributed by atoms with Gasteiger partial charge in [-0.2, -0.15) is 9.61 Å². The number of rotatable bonds is 6.